The molecule has 0 bridgehead atoms. The maximum Gasteiger partial charge on any atom is 0.157 e. The number of nitrogens with zero attached hydrogens (tertiary/aromatic N) is 2. The van der Waals surface area contributed by atoms with Crippen LogP contribution in [0.15, 0.2) is 28.8 Å². The van der Waals surface area contributed by atoms with Crippen molar-refractivity contribution in [1.82, 2.24) is 5.16 Å². The molecule has 0 radical (unpaired) electrons. The topological polar surface area (TPSA) is 58.7 Å². The minimum Gasteiger partial charge on any atom is -0.389 e. The van der Waals surface area contributed by atoms with Crippen LogP contribution in [0.3, 0.4) is 0 Å². The average molecular weight is 325 g/mol. The van der Waals surface area contributed by atoms with Gasteiger partial charge in [0.15, 0.2) is 5.76 Å². The van der Waals surface area contributed by atoms with Crippen molar-refractivity contribution in [2.75, 3.05) is 25.1 Å². The Morgan fingerprint density at radius 1 is 1.36 bits per heavy atom. The molecule has 1 N–H and O–H groups in total. The van der Waals surface area contributed by atoms with Gasteiger partial charge in [-0.3, -0.25) is 0 Å². The van der Waals surface area contributed by atoms with Crippen molar-refractivity contribution in [2.45, 2.75) is 26.6 Å². The van der Waals surface area contributed by atoms with Crippen molar-refractivity contribution in [3.63, 3.8) is 0 Å². The molecule has 1 unspecified atom stereocenters. The van der Waals surface area contributed by atoms with Gasteiger partial charge >= 0.3 is 0 Å². The van der Waals surface area contributed by atoms with Gasteiger partial charge in [0, 0.05) is 18.6 Å². The van der Waals surface area contributed by atoms with Gasteiger partial charge in [-0.25, -0.2) is 0 Å². The van der Waals surface area contributed by atoms with Gasteiger partial charge in [0.25, 0.3) is 0 Å². The minimum absolute atomic E-state index is 0.235. The number of aliphatic hydroxyl groups is 1. The van der Waals surface area contributed by atoms with Gasteiger partial charge in [0.2, 0.25) is 0 Å². The molecule has 22 heavy (non-hydrogen) atoms. The van der Waals surface area contributed by atoms with Gasteiger partial charge in [-0.05, 0) is 25.5 Å². The molecule has 0 fully saturated rings. The second kappa shape index (κ2) is 7.63. The zero-order valence-corrected chi connectivity index (χ0v) is 13.8. The molecule has 0 aliphatic carbocycles. The fourth-order valence-corrected chi connectivity index (χ4v) is 2.59. The highest BCUT2D eigenvalue weighted by Gasteiger charge is 2.16. The minimum atomic E-state index is -0.610. The number of aromatic nitrogens is 1. The molecule has 2 rings (SSSR count). The van der Waals surface area contributed by atoms with Gasteiger partial charge < -0.3 is 19.3 Å². The Morgan fingerprint density at radius 2 is 2.09 bits per heavy atom. The summed E-state index contributed by atoms with van der Waals surface area (Å²) >= 11 is 6.06. The highest BCUT2D eigenvalue weighted by molar-refractivity contribution is 6.31. The molecule has 0 saturated carbocycles. The van der Waals surface area contributed by atoms with Crippen LogP contribution in [-0.2, 0) is 11.3 Å². The van der Waals surface area contributed by atoms with E-state index in [0.717, 1.165) is 22.7 Å². The van der Waals surface area contributed by atoms with Crippen molar-refractivity contribution in [1.29, 1.82) is 0 Å². The van der Waals surface area contributed by atoms with E-state index in [-0.39, 0.29) is 6.61 Å². The standard InChI is InChI=1S/C16H21ClN2O3/c1-11-16(12(2)22-18-11)19(3)8-14(20)10-21-9-13-6-4-5-7-15(13)17/h4-7,14,20H,8-10H2,1-3H3. The van der Waals surface area contributed by atoms with E-state index in [4.69, 9.17) is 20.9 Å². The molecule has 1 atom stereocenters. The Morgan fingerprint density at radius 3 is 2.73 bits per heavy atom. The van der Waals surface area contributed by atoms with Gasteiger partial charge in [0.1, 0.15) is 11.4 Å². The van der Waals surface area contributed by atoms with E-state index in [9.17, 15) is 5.11 Å². The first-order valence-electron chi connectivity index (χ1n) is 7.12. The molecule has 0 saturated heterocycles. The lowest BCUT2D eigenvalue weighted by molar-refractivity contribution is 0.0324. The van der Waals surface area contributed by atoms with Gasteiger partial charge in [-0.15, -0.1) is 0 Å². The first-order chi connectivity index (χ1) is 10.5. The molecule has 120 valence electrons. The molecule has 2 aromatic rings. The fourth-order valence-electron chi connectivity index (χ4n) is 2.40. The SMILES string of the molecule is Cc1noc(C)c1N(C)CC(O)COCc1ccccc1Cl. The monoisotopic (exact) mass is 324 g/mol. The van der Waals surface area contributed by atoms with Gasteiger partial charge in [0.05, 0.1) is 19.3 Å². The van der Waals surface area contributed by atoms with Crippen molar-refractivity contribution in [3.8, 4) is 0 Å². The van der Waals surface area contributed by atoms with E-state index in [1.165, 1.54) is 0 Å². The second-order valence-electron chi connectivity index (χ2n) is 5.31. The van der Waals surface area contributed by atoms with Crippen molar-refractivity contribution in [2.24, 2.45) is 0 Å². The summed E-state index contributed by atoms with van der Waals surface area (Å²) in [6.45, 7) is 4.78. The summed E-state index contributed by atoms with van der Waals surface area (Å²) in [4.78, 5) is 1.92. The number of anilines is 1. The van der Waals surface area contributed by atoms with Crippen LogP contribution in [-0.4, -0.2) is 36.6 Å². The molecule has 1 aromatic carbocycles. The molecule has 1 aromatic heterocycles. The zero-order valence-electron chi connectivity index (χ0n) is 13.0. The van der Waals surface area contributed by atoms with Crippen LogP contribution in [0, 0.1) is 13.8 Å². The number of ether oxygens (including phenoxy) is 1. The number of aryl methyl sites for hydroxylation is 2. The molecule has 5 nitrogen and oxygen atoms in total. The Hall–Kier alpha value is -1.56. The lowest BCUT2D eigenvalue weighted by Crippen LogP contribution is -2.32. The molecule has 1 heterocycles. The van der Waals surface area contributed by atoms with Crippen LogP contribution in [0.4, 0.5) is 5.69 Å². The smallest absolute Gasteiger partial charge is 0.157 e. The highest BCUT2D eigenvalue weighted by atomic mass is 35.5. The normalized spacial score (nSPS) is 12.4. The summed E-state index contributed by atoms with van der Waals surface area (Å²) in [5.74, 6) is 0.740. The molecular formula is C16H21ClN2O3. The number of rotatable bonds is 7. The van der Waals surface area contributed by atoms with E-state index in [1.54, 1.807) is 0 Å². The fraction of sp³-hybridized carbons (Fsp3) is 0.438. The summed E-state index contributed by atoms with van der Waals surface area (Å²) < 4.78 is 10.7. The molecular weight excluding hydrogens is 304 g/mol. The van der Waals surface area contributed by atoms with Crippen molar-refractivity contribution >= 4 is 17.3 Å². The Bertz CT molecular complexity index is 596. The van der Waals surface area contributed by atoms with Crippen LogP contribution in [0.5, 0.6) is 0 Å². The number of likely N-dealkylation sites (N-methyl/N-ethyl adjacent to an activating group) is 1. The quantitative estimate of drug-likeness (QED) is 0.848. The summed E-state index contributed by atoms with van der Waals surface area (Å²) in [5, 5.41) is 14.7. The largest absolute Gasteiger partial charge is 0.389 e. The lowest BCUT2D eigenvalue weighted by atomic mass is 10.2. The third kappa shape index (κ3) is 4.22. The van der Waals surface area contributed by atoms with E-state index >= 15 is 0 Å². The van der Waals surface area contributed by atoms with Crippen LogP contribution in [0.1, 0.15) is 17.0 Å². The first-order valence-corrected chi connectivity index (χ1v) is 7.50. The van der Waals surface area contributed by atoms with E-state index < -0.39 is 6.10 Å². The summed E-state index contributed by atoms with van der Waals surface area (Å²) in [6.07, 6.45) is -0.610. The molecule has 0 amide bonds. The average Bonchev–Trinajstić information content (AvgIpc) is 2.80. The molecule has 0 aliphatic heterocycles. The third-order valence-corrected chi connectivity index (χ3v) is 3.76. The van der Waals surface area contributed by atoms with Gasteiger partial charge in [-0.2, -0.15) is 0 Å². The number of benzene rings is 1. The molecule has 0 aliphatic rings. The second-order valence-corrected chi connectivity index (χ2v) is 5.72. The first kappa shape index (κ1) is 16.8. The van der Waals surface area contributed by atoms with Crippen LogP contribution >= 0.6 is 11.6 Å². The number of aliphatic hydroxyl groups excluding tert-OH is 1. The van der Waals surface area contributed by atoms with Crippen LogP contribution < -0.4 is 4.90 Å². The Labute approximate surface area is 135 Å². The van der Waals surface area contributed by atoms with Gasteiger partial charge in [-0.1, -0.05) is 35.0 Å². The predicted octanol–water partition coefficient (Wildman–Crippen LogP) is 2.96. The van der Waals surface area contributed by atoms with Crippen molar-refractivity contribution < 1.29 is 14.4 Å². The van der Waals surface area contributed by atoms with Crippen LogP contribution in [0.25, 0.3) is 0 Å². The highest BCUT2D eigenvalue weighted by Crippen LogP contribution is 2.23. The van der Waals surface area contributed by atoms with Crippen LogP contribution in [0.2, 0.25) is 5.02 Å². The number of hydrogen-bond acceptors (Lipinski definition) is 5. The molecule has 0 spiro atoms. The molecule has 6 heteroatoms. The number of hydrogen-bond donors (Lipinski definition) is 1. The summed E-state index contributed by atoms with van der Waals surface area (Å²) in [7, 11) is 1.89. The van der Waals surface area contributed by atoms with Crippen molar-refractivity contribution in [3.05, 3.63) is 46.3 Å². The Kier molecular flexibility index (Phi) is 5.83. The maximum absolute atomic E-state index is 10.1. The predicted molar refractivity (Wildman–Crippen MR) is 86.4 cm³/mol. The van der Waals surface area contributed by atoms with E-state index in [1.807, 2.05) is 50.1 Å². The number of halogens is 1. The Balaban J connectivity index is 1.81. The third-order valence-electron chi connectivity index (χ3n) is 3.39. The summed E-state index contributed by atoms with van der Waals surface area (Å²) in [5.41, 5.74) is 2.63. The lowest BCUT2D eigenvalue weighted by Gasteiger charge is -2.22. The summed E-state index contributed by atoms with van der Waals surface area (Å²) in [6, 6.07) is 7.51. The van der Waals surface area contributed by atoms with E-state index in [2.05, 4.69) is 5.16 Å². The zero-order chi connectivity index (χ0) is 16.1. The van der Waals surface area contributed by atoms with E-state index in [0.29, 0.717) is 18.2 Å². The maximum atomic E-state index is 10.1.